The molecule has 0 amide bonds. The molecule has 2 rings (SSSR count). The fraction of sp³-hybridized carbons (Fsp3) is 0.429. The lowest BCUT2D eigenvalue weighted by Crippen LogP contribution is -2.25. The minimum atomic E-state index is -0.359. The van der Waals surface area contributed by atoms with Crippen LogP contribution in [0.5, 0.6) is 0 Å². The number of thioether (sulfide) groups is 1. The van der Waals surface area contributed by atoms with Crippen LogP contribution >= 0.6 is 11.8 Å². The van der Waals surface area contributed by atoms with Crippen molar-refractivity contribution in [1.82, 2.24) is 20.2 Å². The molecule has 112 valence electrons. The summed E-state index contributed by atoms with van der Waals surface area (Å²) in [6, 6.07) is 5.54. The molecule has 0 aliphatic heterocycles. The quantitative estimate of drug-likeness (QED) is 0.642. The van der Waals surface area contributed by atoms with Crippen molar-refractivity contribution in [3.8, 4) is 0 Å². The van der Waals surface area contributed by atoms with E-state index in [1.165, 1.54) is 36.0 Å². The molecule has 0 saturated carbocycles. The number of carbonyl (C=O) groups is 1. The molecule has 0 saturated heterocycles. The summed E-state index contributed by atoms with van der Waals surface area (Å²) in [5, 5.41) is 11.8. The smallest absolute Gasteiger partial charge is 0.210 e. The van der Waals surface area contributed by atoms with Gasteiger partial charge in [-0.1, -0.05) is 11.8 Å². The average Bonchev–Trinajstić information content (AvgIpc) is 2.87. The number of benzene rings is 1. The van der Waals surface area contributed by atoms with Gasteiger partial charge in [0.25, 0.3) is 0 Å². The van der Waals surface area contributed by atoms with Crippen LogP contribution in [-0.2, 0) is 5.54 Å². The van der Waals surface area contributed by atoms with Crippen molar-refractivity contribution in [2.45, 2.75) is 43.6 Å². The molecule has 1 unspecified atom stereocenters. The molecular formula is C14H17FN4OS. The minimum absolute atomic E-state index is 0.0801. The van der Waals surface area contributed by atoms with Crippen molar-refractivity contribution in [3.05, 3.63) is 35.6 Å². The number of halogens is 1. The monoisotopic (exact) mass is 308 g/mol. The molecule has 0 spiro atoms. The number of nitrogens with zero attached hydrogens (tertiary/aromatic N) is 4. The number of hydrogen-bond donors (Lipinski definition) is 0. The van der Waals surface area contributed by atoms with Crippen molar-refractivity contribution < 1.29 is 9.18 Å². The van der Waals surface area contributed by atoms with Gasteiger partial charge in [-0.05, 0) is 62.4 Å². The predicted octanol–water partition coefficient (Wildman–Crippen LogP) is 2.93. The van der Waals surface area contributed by atoms with Crippen LogP contribution in [0.3, 0.4) is 0 Å². The Bertz CT molecular complexity index is 633. The molecule has 1 atom stereocenters. The van der Waals surface area contributed by atoms with E-state index in [-0.39, 0.29) is 22.4 Å². The summed E-state index contributed by atoms with van der Waals surface area (Å²) in [7, 11) is 0. The number of hydrogen-bond acceptors (Lipinski definition) is 5. The summed E-state index contributed by atoms with van der Waals surface area (Å²) in [6.07, 6.45) is 0. The van der Waals surface area contributed by atoms with Gasteiger partial charge in [-0.2, -0.15) is 0 Å². The summed E-state index contributed by atoms with van der Waals surface area (Å²) in [6.45, 7) is 7.75. The van der Waals surface area contributed by atoms with Gasteiger partial charge in [-0.15, -0.1) is 5.10 Å². The molecule has 1 aromatic carbocycles. The highest BCUT2D eigenvalue weighted by Crippen LogP contribution is 2.26. The molecule has 0 aliphatic carbocycles. The number of carbonyl (C=O) groups excluding carboxylic acids is 1. The van der Waals surface area contributed by atoms with Crippen LogP contribution in [-0.4, -0.2) is 31.2 Å². The Labute approximate surface area is 126 Å². The van der Waals surface area contributed by atoms with Gasteiger partial charge >= 0.3 is 0 Å². The Hall–Kier alpha value is -1.76. The number of aromatic nitrogens is 4. The van der Waals surface area contributed by atoms with Crippen LogP contribution in [0.25, 0.3) is 0 Å². The maximum absolute atomic E-state index is 12.9. The first-order valence-electron chi connectivity index (χ1n) is 6.54. The van der Waals surface area contributed by atoms with Crippen molar-refractivity contribution in [2.24, 2.45) is 0 Å². The highest BCUT2D eigenvalue weighted by molar-refractivity contribution is 8.00. The molecule has 0 N–H and O–H groups in total. The molecule has 21 heavy (non-hydrogen) atoms. The van der Waals surface area contributed by atoms with Crippen LogP contribution in [0, 0.1) is 5.82 Å². The first-order chi connectivity index (χ1) is 9.79. The van der Waals surface area contributed by atoms with Crippen LogP contribution in [0.1, 0.15) is 38.1 Å². The standard InChI is InChI=1S/C14H17FN4OS/c1-9(12(20)10-5-7-11(15)8-6-10)21-13-16-17-18-19(13)14(2,3)4/h5-9H,1-4H3. The molecule has 2 aromatic rings. The van der Waals surface area contributed by atoms with Gasteiger partial charge in [-0.3, -0.25) is 4.79 Å². The first kappa shape index (κ1) is 15.6. The number of ketones is 1. The highest BCUT2D eigenvalue weighted by Gasteiger charge is 2.24. The summed E-state index contributed by atoms with van der Waals surface area (Å²) in [5.74, 6) is -0.438. The minimum Gasteiger partial charge on any atom is -0.293 e. The lowest BCUT2D eigenvalue weighted by Gasteiger charge is -2.20. The van der Waals surface area contributed by atoms with Gasteiger partial charge in [-0.25, -0.2) is 9.07 Å². The van der Waals surface area contributed by atoms with E-state index in [0.717, 1.165) is 0 Å². The molecule has 7 heteroatoms. The van der Waals surface area contributed by atoms with Gasteiger partial charge < -0.3 is 0 Å². The van der Waals surface area contributed by atoms with E-state index in [0.29, 0.717) is 10.7 Å². The largest absolute Gasteiger partial charge is 0.293 e. The van der Waals surface area contributed by atoms with Crippen molar-refractivity contribution in [1.29, 1.82) is 0 Å². The van der Waals surface area contributed by atoms with Crippen LogP contribution in [0.15, 0.2) is 29.4 Å². The summed E-state index contributed by atoms with van der Waals surface area (Å²) < 4.78 is 14.6. The third-order valence-electron chi connectivity index (χ3n) is 2.86. The third-order valence-corrected chi connectivity index (χ3v) is 3.89. The summed E-state index contributed by atoms with van der Waals surface area (Å²) in [5.41, 5.74) is 0.218. The molecule has 1 heterocycles. The Balaban J connectivity index is 2.15. The maximum Gasteiger partial charge on any atom is 0.210 e. The summed E-state index contributed by atoms with van der Waals surface area (Å²) >= 11 is 1.29. The van der Waals surface area contributed by atoms with Crippen LogP contribution < -0.4 is 0 Å². The average molecular weight is 308 g/mol. The molecule has 0 aliphatic rings. The maximum atomic E-state index is 12.9. The Morgan fingerprint density at radius 1 is 1.29 bits per heavy atom. The van der Waals surface area contributed by atoms with Crippen LogP contribution in [0.2, 0.25) is 0 Å². The Kier molecular flexibility index (Phi) is 4.41. The molecular weight excluding hydrogens is 291 g/mol. The number of rotatable bonds is 4. The summed E-state index contributed by atoms with van der Waals surface area (Å²) in [4.78, 5) is 12.3. The lowest BCUT2D eigenvalue weighted by atomic mass is 10.1. The number of tetrazole rings is 1. The van der Waals surface area contributed by atoms with E-state index >= 15 is 0 Å². The van der Waals surface area contributed by atoms with E-state index in [2.05, 4.69) is 15.5 Å². The van der Waals surface area contributed by atoms with Crippen molar-refractivity contribution in [3.63, 3.8) is 0 Å². The second-order valence-electron chi connectivity index (χ2n) is 5.68. The van der Waals surface area contributed by atoms with Crippen LogP contribution in [0.4, 0.5) is 4.39 Å². The Morgan fingerprint density at radius 3 is 2.48 bits per heavy atom. The van der Waals surface area contributed by atoms with Crippen molar-refractivity contribution >= 4 is 17.5 Å². The van der Waals surface area contributed by atoms with Gasteiger partial charge in [0.1, 0.15) is 5.82 Å². The zero-order valence-corrected chi connectivity index (χ0v) is 13.2. The van der Waals surface area contributed by atoms with Gasteiger partial charge in [0.2, 0.25) is 5.16 Å². The Morgan fingerprint density at radius 2 is 1.90 bits per heavy atom. The normalized spacial score (nSPS) is 13.2. The zero-order chi connectivity index (χ0) is 15.6. The third kappa shape index (κ3) is 3.66. The van der Waals surface area contributed by atoms with Gasteiger partial charge in [0.15, 0.2) is 5.78 Å². The number of Topliss-reactive ketones (excluding diaryl/α,β-unsaturated/α-hetero) is 1. The van der Waals surface area contributed by atoms with Crippen molar-refractivity contribution in [2.75, 3.05) is 0 Å². The fourth-order valence-electron chi connectivity index (χ4n) is 1.73. The molecule has 0 bridgehead atoms. The molecule has 0 radical (unpaired) electrons. The fourth-order valence-corrected chi connectivity index (χ4v) is 2.79. The second-order valence-corrected chi connectivity index (χ2v) is 6.98. The molecule has 0 fully saturated rings. The second kappa shape index (κ2) is 5.93. The van der Waals surface area contributed by atoms with E-state index in [4.69, 9.17) is 0 Å². The van der Waals surface area contributed by atoms with E-state index in [9.17, 15) is 9.18 Å². The van der Waals surface area contributed by atoms with E-state index < -0.39 is 0 Å². The molecule has 1 aromatic heterocycles. The highest BCUT2D eigenvalue weighted by atomic mass is 32.2. The topological polar surface area (TPSA) is 60.7 Å². The lowest BCUT2D eigenvalue weighted by molar-refractivity contribution is 0.0993. The predicted molar refractivity (Wildman–Crippen MR) is 78.9 cm³/mol. The SMILES string of the molecule is CC(Sc1nnnn1C(C)(C)C)C(=O)c1ccc(F)cc1. The van der Waals surface area contributed by atoms with Gasteiger partial charge in [0, 0.05) is 5.56 Å². The van der Waals surface area contributed by atoms with E-state index in [1.807, 2.05) is 20.8 Å². The van der Waals surface area contributed by atoms with Gasteiger partial charge in [0.05, 0.1) is 10.8 Å². The van der Waals surface area contributed by atoms with E-state index in [1.54, 1.807) is 11.6 Å². The zero-order valence-electron chi connectivity index (χ0n) is 12.4. The molecule has 5 nitrogen and oxygen atoms in total. The first-order valence-corrected chi connectivity index (χ1v) is 7.42.